The maximum absolute atomic E-state index is 10.8. The van der Waals surface area contributed by atoms with Crippen molar-refractivity contribution in [2.75, 3.05) is 0 Å². The Kier molecular flexibility index (Phi) is 2.95. The number of halogens is 1. The average molecular weight is 271 g/mol. The van der Waals surface area contributed by atoms with Gasteiger partial charge in [0.2, 0.25) is 0 Å². The Morgan fingerprint density at radius 1 is 1.47 bits per heavy atom. The number of rotatable bonds is 3. The lowest BCUT2D eigenvalue weighted by molar-refractivity contribution is 0.0695. The van der Waals surface area contributed by atoms with E-state index in [-0.39, 0.29) is 5.56 Å². The van der Waals surface area contributed by atoms with Crippen LogP contribution in [0.5, 0.6) is 5.75 Å². The number of carboxylic acids is 1. The fourth-order valence-corrected chi connectivity index (χ4v) is 1.95. The zero-order valence-electron chi connectivity index (χ0n) is 8.07. The van der Waals surface area contributed by atoms with Crippen molar-refractivity contribution in [3.8, 4) is 5.75 Å². The molecule has 4 heteroatoms. The van der Waals surface area contributed by atoms with Crippen LogP contribution in [0.3, 0.4) is 0 Å². The molecular formula is C11H11BrO3. The third kappa shape index (κ3) is 2.31. The minimum Gasteiger partial charge on any atom is -0.490 e. The molecule has 1 aromatic rings. The van der Waals surface area contributed by atoms with Crippen LogP contribution < -0.4 is 4.74 Å². The van der Waals surface area contributed by atoms with Gasteiger partial charge in [-0.1, -0.05) is 0 Å². The average Bonchev–Trinajstić information content (AvgIpc) is 2.11. The monoisotopic (exact) mass is 270 g/mol. The molecule has 80 valence electrons. The number of ether oxygens (including phenoxy) is 1. The fraction of sp³-hybridized carbons (Fsp3) is 0.364. The molecule has 0 bridgehead atoms. The van der Waals surface area contributed by atoms with Crippen molar-refractivity contribution in [2.45, 2.75) is 25.4 Å². The first-order valence-electron chi connectivity index (χ1n) is 4.86. The standard InChI is InChI=1S/C11H11BrO3/c12-10-6-8(15-7-2-1-3-7)4-5-9(10)11(13)14/h4-7H,1-3H2,(H,13,14). The van der Waals surface area contributed by atoms with Crippen LogP contribution in [0.25, 0.3) is 0 Å². The number of aromatic carboxylic acids is 1. The molecule has 1 saturated carbocycles. The first kappa shape index (κ1) is 10.5. The molecule has 1 N–H and O–H groups in total. The van der Waals surface area contributed by atoms with E-state index < -0.39 is 5.97 Å². The van der Waals surface area contributed by atoms with Crippen LogP contribution in [0.1, 0.15) is 29.6 Å². The molecule has 1 aromatic carbocycles. The minimum absolute atomic E-state index is 0.260. The second kappa shape index (κ2) is 4.23. The van der Waals surface area contributed by atoms with Crippen molar-refractivity contribution in [1.82, 2.24) is 0 Å². The molecule has 2 rings (SSSR count). The van der Waals surface area contributed by atoms with E-state index >= 15 is 0 Å². The molecule has 15 heavy (non-hydrogen) atoms. The Morgan fingerprint density at radius 2 is 2.20 bits per heavy atom. The van der Waals surface area contributed by atoms with Gasteiger partial charge in [0.05, 0.1) is 11.7 Å². The van der Waals surface area contributed by atoms with Crippen LogP contribution >= 0.6 is 15.9 Å². The molecule has 0 aliphatic heterocycles. The van der Waals surface area contributed by atoms with Crippen molar-refractivity contribution >= 4 is 21.9 Å². The summed E-state index contributed by atoms with van der Waals surface area (Å²) in [7, 11) is 0. The van der Waals surface area contributed by atoms with Gasteiger partial charge in [-0.3, -0.25) is 0 Å². The summed E-state index contributed by atoms with van der Waals surface area (Å²) in [6.07, 6.45) is 3.72. The first-order valence-corrected chi connectivity index (χ1v) is 5.65. The number of hydrogen-bond acceptors (Lipinski definition) is 2. The molecule has 1 fully saturated rings. The maximum Gasteiger partial charge on any atom is 0.336 e. The molecule has 0 radical (unpaired) electrons. The van der Waals surface area contributed by atoms with Crippen LogP contribution in [0.2, 0.25) is 0 Å². The molecule has 0 spiro atoms. The summed E-state index contributed by atoms with van der Waals surface area (Å²) >= 11 is 3.22. The Labute approximate surface area is 96.2 Å². The van der Waals surface area contributed by atoms with E-state index in [0.717, 1.165) is 18.6 Å². The largest absolute Gasteiger partial charge is 0.490 e. The number of carboxylic acid groups (broad SMARTS) is 1. The molecule has 0 unspecified atom stereocenters. The second-order valence-corrected chi connectivity index (χ2v) is 4.47. The van der Waals surface area contributed by atoms with Crippen LogP contribution in [-0.2, 0) is 0 Å². The van der Waals surface area contributed by atoms with Crippen molar-refractivity contribution in [3.63, 3.8) is 0 Å². The lowest BCUT2D eigenvalue weighted by Crippen LogP contribution is -2.24. The van der Waals surface area contributed by atoms with E-state index in [1.807, 2.05) is 0 Å². The summed E-state index contributed by atoms with van der Waals surface area (Å²) in [4.78, 5) is 10.8. The molecule has 0 atom stereocenters. The number of benzene rings is 1. The van der Waals surface area contributed by atoms with Crippen LogP contribution in [0.4, 0.5) is 0 Å². The Bertz CT molecular complexity index is 385. The Morgan fingerprint density at radius 3 is 2.67 bits per heavy atom. The van der Waals surface area contributed by atoms with E-state index in [9.17, 15) is 4.79 Å². The second-order valence-electron chi connectivity index (χ2n) is 3.62. The highest BCUT2D eigenvalue weighted by molar-refractivity contribution is 9.10. The normalized spacial score (nSPS) is 15.8. The van der Waals surface area contributed by atoms with Gasteiger partial charge < -0.3 is 9.84 Å². The third-order valence-electron chi connectivity index (χ3n) is 2.53. The topological polar surface area (TPSA) is 46.5 Å². The van der Waals surface area contributed by atoms with E-state index in [1.165, 1.54) is 6.42 Å². The van der Waals surface area contributed by atoms with Gasteiger partial charge in [0.1, 0.15) is 5.75 Å². The van der Waals surface area contributed by atoms with Gasteiger partial charge >= 0.3 is 5.97 Å². The fourth-order valence-electron chi connectivity index (χ4n) is 1.42. The van der Waals surface area contributed by atoms with Crippen molar-refractivity contribution < 1.29 is 14.6 Å². The van der Waals surface area contributed by atoms with Gasteiger partial charge in [0, 0.05) is 4.47 Å². The molecule has 0 heterocycles. The number of carbonyl (C=O) groups is 1. The zero-order valence-corrected chi connectivity index (χ0v) is 9.66. The van der Waals surface area contributed by atoms with Crippen molar-refractivity contribution in [2.24, 2.45) is 0 Å². The summed E-state index contributed by atoms with van der Waals surface area (Å²) < 4.78 is 6.20. The predicted octanol–water partition coefficient (Wildman–Crippen LogP) is 3.08. The van der Waals surface area contributed by atoms with Crippen LogP contribution in [0.15, 0.2) is 22.7 Å². The van der Waals surface area contributed by atoms with Gasteiger partial charge in [-0.15, -0.1) is 0 Å². The SMILES string of the molecule is O=C(O)c1ccc(OC2CCC2)cc1Br. The Hall–Kier alpha value is -1.03. The molecule has 0 aromatic heterocycles. The molecule has 0 amide bonds. The van der Waals surface area contributed by atoms with Crippen LogP contribution in [0, 0.1) is 0 Å². The van der Waals surface area contributed by atoms with Gasteiger partial charge in [0.15, 0.2) is 0 Å². The summed E-state index contributed by atoms with van der Waals surface area (Å²) in [5.41, 5.74) is 0.260. The Balaban J connectivity index is 2.13. The lowest BCUT2D eigenvalue weighted by Gasteiger charge is -2.26. The lowest BCUT2D eigenvalue weighted by atomic mass is 9.96. The van der Waals surface area contributed by atoms with E-state index in [2.05, 4.69) is 15.9 Å². The van der Waals surface area contributed by atoms with Gasteiger partial charge in [-0.2, -0.15) is 0 Å². The summed E-state index contributed by atoms with van der Waals surface area (Å²) in [5.74, 6) is -0.200. The molecule has 1 aliphatic carbocycles. The van der Waals surface area contributed by atoms with E-state index in [1.54, 1.807) is 18.2 Å². The van der Waals surface area contributed by atoms with Crippen molar-refractivity contribution in [3.05, 3.63) is 28.2 Å². The highest BCUT2D eigenvalue weighted by Crippen LogP contribution is 2.28. The highest BCUT2D eigenvalue weighted by atomic mass is 79.9. The molecule has 1 aliphatic rings. The van der Waals surface area contributed by atoms with Gasteiger partial charge in [-0.05, 0) is 53.4 Å². The predicted molar refractivity (Wildman–Crippen MR) is 59.4 cm³/mol. The van der Waals surface area contributed by atoms with Gasteiger partial charge in [-0.25, -0.2) is 4.79 Å². The quantitative estimate of drug-likeness (QED) is 0.918. The maximum atomic E-state index is 10.8. The van der Waals surface area contributed by atoms with Crippen LogP contribution in [-0.4, -0.2) is 17.2 Å². The zero-order chi connectivity index (χ0) is 10.8. The first-order chi connectivity index (χ1) is 7.16. The smallest absolute Gasteiger partial charge is 0.336 e. The highest BCUT2D eigenvalue weighted by Gasteiger charge is 2.19. The summed E-state index contributed by atoms with van der Waals surface area (Å²) in [6.45, 7) is 0. The molecule has 0 saturated heterocycles. The minimum atomic E-state index is -0.933. The summed E-state index contributed by atoms with van der Waals surface area (Å²) in [6, 6.07) is 4.97. The van der Waals surface area contributed by atoms with Gasteiger partial charge in [0.25, 0.3) is 0 Å². The molecule has 3 nitrogen and oxygen atoms in total. The molecular weight excluding hydrogens is 260 g/mol. The van der Waals surface area contributed by atoms with Crippen molar-refractivity contribution in [1.29, 1.82) is 0 Å². The third-order valence-corrected chi connectivity index (χ3v) is 3.18. The van der Waals surface area contributed by atoms with E-state index in [0.29, 0.717) is 10.6 Å². The number of hydrogen-bond donors (Lipinski definition) is 1. The van der Waals surface area contributed by atoms with E-state index in [4.69, 9.17) is 9.84 Å². The summed E-state index contributed by atoms with van der Waals surface area (Å²) in [5, 5.41) is 8.82.